The first-order valence-electron chi connectivity index (χ1n) is 10.9. The lowest BCUT2D eigenvalue weighted by atomic mass is 9.95. The molecule has 0 spiro atoms. The van der Waals surface area contributed by atoms with E-state index in [1.54, 1.807) is 24.3 Å². The van der Waals surface area contributed by atoms with E-state index in [1.807, 2.05) is 0 Å². The quantitative estimate of drug-likeness (QED) is 0.300. The fourth-order valence-corrected chi connectivity index (χ4v) is 3.70. The Morgan fingerprint density at radius 1 is 0.971 bits per heavy atom. The minimum atomic E-state index is -0.764. The minimum absolute atomic E-state index is 0.000640. The molecule has 35 heavy (non-hydrogen) atoms. The zero-order valence-corrected chi connectivity index (χ0v) is 18.6. The molecule has 1 heterocycles. The van der Waals surface area contributed by atoms with Crippen LogP contribution in [0.5, 0.6) is 28.7 Å². The van der Waals surface area contributed by atoms with E-state index in [1.165, 1.54) is 30.3 Å². The smallest absolute Gasteiger partial charge is 0.330 e. The number of fused-ring (bicyclic) bond motifs is 1. The summed E-state index contributed by atoms with van der Waals surface area (Å²) in [6.45, 7) is -0.387. The number of carbonyl (C=O) groups excluding carboxylic acids is 3. The molecule has 1 aliphatic rings. The van der Waals surface area contributed by atoms with Gasteiger partial charge >= 0.3 is 5.97 Å². The van der Waals surface area contributed by atoms with Gasteiger partial charge in [-0.15, -0.1) is 0 Å². The molecule has 1 amide bonds. The maximum atomic E-state index is 12.6. The fraction of sp³-hybridized carbons (Fsp3) is 0.192. The molecular weight excluding hydrogens is 454 g/mol. The van der Waals surface area contributed by atoms with E-state index >= 15 is 0 Å². The van der Waals surface area contributed by atoms with Gasteiger partial charge in [0.1, 0.15) is 47.0 Å². The molecule has 0 radical (unpaired) electrons. The molecule has 3 aromatic carbocycles. The van der Waals surface area contributed by atoms with Gasteiger partial charge in [-0.05, 0) is 41.8 Å². The molecule has 180 valence electrons. The maximum absolute atomic E-state index is 12.6. The van der Waals surface area contributed by atoms with Crippen LogP contribution in [0.15, 0.2) is 60.7 Å². The number of Topliss-reactive ketones (excluding diaryl/α,β-unsaturated/α-hetero) is 1. The third-order valence-corrected chi connectivity index (χ3v) is 5.48. The van der Waals surface area contributed by atoms with Gasteiger partial charge in [-0.25, -0.2) is 4.79 Å². The summed E-state index contributed by atoms with van der Waals surface area (Å²) >= 11 is 0. The molecule has 4 N–H and O–H groups in total. The zero-order chi connectivity index (χ0) is 24.9. The highest BCUT2D eigenvalue weighted by atomic mass is 16.5. The summed E-state index contributed by atoms with van der Waals surface area (Å²) in [5, 5.41) is 31.5. The van der Waals surface area contributed by atoms with Crippen molar-refractivity contribution >= 4 is 17.7 Å². The molecule has 1 aliphatic heterocycles. The molecule has 3 aromatic rings. The van der Waals surface area contributed by atoms with E-state index in [-0.39, 0.29) is 65.4 Å². The van der Waals surface area contributed by atoms with Gasteiger partial charge in [0.15, 0.2) is 5.78 Å². The topological polar surface area (TPSA) is 142 Å². The number of phenols is 3. The predicted molar refractivity (Wildman–Crippen MR) is 124 cm³/mol. The first kappa shape index (κ1) is 23.6. The molecule has 0 aromatic heterocycles. The first-order chi connectivity index (χ1) is 16.8. The first-order valence-corrected chi connectivity index (χ1v) is 10.9. The van der Waals surface area contributed by atoms with Crippen LogP contribution in [0.1, 0.15) is 40.4 Å². The number of ketones is 1. The van der Waals surface area contributed by atoms with Gasteiger partial charge in [0, 0.05) is 18.6 Å². The van der Waals surface area contributed by atoms with Crippen molar-refractivity contribution < 1.29 is 39.2 Å². The Labute approximate surface area is 200 Å². The number of aryl methyl sites for hydroxylation is 1. The molecule has 1 unspecified atom stereocenters. The van der Waals surface area contributed by atoms with Crippen LogP contribution in [0.2, 0.25) is 0 Å². The van der Waals surface area contributed by atoms with Crippen molar-refractivity contribution in [3.63, 3.8) is 0 Å². The SMILES string of the molecule is O=C(CCc1ccc(O)cc1)NCC(=O)Oc1cc(O)c2c(c1)OC(c1ccc(O)cc1)CC2=O. The van der Waals surface area contributed by atoms with E-state index in [0.717, 1.165) is 11.6 Å². The molecule has 1 atom stereocenters. The lowest BCUT2D eigenvalue weighted by Crippen LogP contribution is -2.32. The third kappa shape index (κ3) is 5.89. The number of ether oxygens (including phenoxy) is 2. The van der Waals surface area contributed by atoms with Crippen LogP contribution >= 0.6 is 0 Å². The standard InChI is InChI=1S/C26H23NO8/c28-17-6-1-15(2-7-17)3-10-24(32)27-14-25(33)34-19-11-20(30)26-21(31)13-22(35-23(26)12-19)16-4-8-18(29)9-5-16/h1-2,4-9,11-12,22,28-30H,3,10,13-14H2,(H,27,32). The van der Waals surface area contributed by atoms with Crippen LogP contribution in [-0.4, -0.2) is 39.5 Å². The number of carbonyl (C=O) groups is 3. The highest BCUT2D eigenvalue weighted by Gasteiger charge is 2.31. The predicted octanol–water partition coefficient (Wildman–Crippen LogP) is 3.16. The molecule has 0 saturated carbocycles. The third-order valence-electron chi connectivity index (χ3n) is 5.48. The highest BCUT2D eigenvalue weighted by molar-refractivity contribution is 6.02. The van der Waals surface area contributed by atoms with E-state index in [0.29, 0.717) is 12.0 Å². The van der Waals surface area contributed by atoms with Crippen molar-refractivity contribution in [2.45, 2.75) is 25.4 Å². The number of aromatic hydroxyl groups is 3. The van der Waals surface area contributed by atoms with Crippen LogP contribution < -0.4 is 14.8 Å². The maximum Gasteiger partial charge on any atom is 0.330 e. The van der Waals surface area contributed by atoms with Crippen molar-refractivity contribution in [1.29, 1.82) is 0 Å². The number of amides is 1. The van der Waals surface area contributed by atoms with Gasteiger partial charge < -0.3 is 30.1 Å². The van der Waals surface area contributed by atoms with Crippen molar-refractivity contribution in [2.75, 3.05) is 6.54 Å². The molecule has 0 saturated heterocycles. The molecule has 0 aliphatic carbocycles. The van der Waals surface area contributed by atoms with Gasteiger partial charge in [0.2, 0.25) is 5.91 Å². The van der Waals surface area contributed by atoms with Crippen molar-refractivity contribution in [2.24, 2.45) is 0 Å². The summed E-state index contributed by atoms with van der Waals surface area (Å²) in [4.78, 5) is 36.8. The number of nitrogens with one attached hydrogen (secondary N) is 1. The van der Waals surface area contributed by atoms with E-state index in [9.17, 15) is 29.7 Å². The van der Waals surface area contributed by atoms with Crippen LogP contribution in [-0.2, 0) is 16.0 Å². The summed E-state index contributed by atoms with van der Waals surface area (Å²) in [7, 11) is 0. The van der Waals surface area contributed by atoms with Crippen LogP contribution in [0.4, 0.5) is 0 Å². The zero-order valence-electron chi connectivity index (χ0n) is 18.6. The fourth-order valence-electron chi connectivity index (χ4n) is 3.70. The molecule has 9 heteroatoms. The summed E-state index contributed by atoms with van der Waals surface area (Å²) in [6.07, 6.45) is -0.0470. The van der Waals surface area contributed by atoms with Gasteiger partial charge in [0.05, 0.1) is 6.42 Å². The number of phenolic OH excluding ortho intramolecular Hbond substituents is 3. The largest absolute Gasteiger partial charge is 0.508 e. The Morgan fingerprint density at radius 2 is 1.63 bits per heavy atom. The number of esters is 1. The molecule has 9 nitrogen and oxygen atoms in total. The van der Waals surface area contributed by atoms with E-state index in [2.05, 4.69) is 5.32 Å². The Hall–Kier alpha value is -4.53. The summed E-state index contributed by atoms with van der Waals surface area (Å²) in [5.41, 5.74) is 1.53. The summed E-state index contributed by atoms with van der Waals surface area (Å²) in [6, 6.07) is 15.2. The molecular formula is C26H23NO8. The lowest BCUT2D eigenvalue weighted by molar-refractivity contribution is -0.135. The number of hydrogen-bond acceptors (Lipinski definition) is 8. The average Bonchev–Trinajstić information content (AvgIpc) is 2.82. The summed E-state index contributed by atoms with van der Waals surface area (Å²) in [5.74, 6) is -1.58. The number of rotatable bonds is 7. The highest BCUT2D eigenvalue weighted by Crippen LogP contribution is 2.42. The minimum Gasteiger partial charge on any atom is -0.508 e. The Bertz CT molecular complexity index is 1250. The van der Waals surface area contributed by atoms with E-state index < -0.39 is 12.1 Å². The Balaban J connectivity index is 1.35. The lowest BCUT2D eigenvalue weighted by Gasteiger charge is -2.26. The number of benzene rings is 3. The summed E-state index contributed by atoms with van der Waals surface area (Å²) < 4.78 is 11.1. The molecule has 0 bridgehead atoms. The van der Waals surface area contributed by atoms with Crippen molar-refractivity contribution in [3.05, 3.63) is 77.4 Å². The van der Waals surface area contributed by atoms with Crippen LogP contribution in [0, 0.1) is 0 Å². The number of hydrogen-bond donors (Lipinski definition) is 4. The average molecular weight is 477 g/mol. The van der Waals surface area contributed by atoms with Gasteiger partial charge in [0.25, 0.3) is 0 Å². The second kappa shape index (κ2) is 10.2. The van der Waals surface area contributed by atoms with Crippen molar-refractivity contribution in [3.8, 4) is 28.7 Å². The van der Waals surface area contributed by atoms with Gasteiger partial charge in [-0.2, -0.15) is 0 Å². The van der Waals surface area contributed by atoms with E-state index in [4.69, 9.17) is 9.47 Å². The van der Waals surface area contributed by atoms with Gasteiger partial charge in [-0.3, -0.25) is 9.59 Å². The normalized spacial score (nSPS) is 14.5. The van der Waals surface area contributed by atoms with Gasteiger partial charge in [-0.1, -0.05) is 24.3 Å². The molecule has 0 fully saturated rings. The van der Waals surface area contributed by atoms with Crippen LogP contribution in [0.3, 0.4) is 0 Å². The Kier molecular flexibility index (Phi) is 6.86. The second-order valence-electron chi connectivity index (χ2n) is 8.06. The van der Waals surface area contributed by atoms with Crippen LogP contribution in [0.25, 0.3) is 0 Å². The Morgan fingerprint density at radius 3 is 2.31 bits per heavy atom. The van der Waals surface area contributed by atoms with Crippen molar-refractivity contribution in [1.82, 2.24) is 5.32 Å². The molecule has 4 rings (SSSR count). The monoisotopic (exact) mass is 477 g/mol. The second-order valence-corrected chi connectivity index (χ2v) is 8.06.